The van der Waals surface area contributed by atoms with Crippen molar-refractivity contribution in [3.8, 4) is 0 Å². The van der Waals surface area contributed by atoms with Crippen LogP contribution >= 0.6 is 0 Å². The van der Waals surface area contributed by atoms with E-state index >= 15 is 0 Å². The zero-order valence-corrected chi connectivity index (χ0v) is 12.6. The molecule has 0 radical (unpaired) electrons. The third-order valence-electron chi connectivity index (χ3n) is 3.26. The molecule has 0 atom stereocenters. The van der Waals surface area contributed by atoms with Gasteiger partial charge in [-0.05, 0) is 38.8 Å². The summed E-state index contributed by atoms with van der Waals surface area (Å²) >= 11 is 0. The van der Waals surface area contributed by atoms with E-state index in [0.717, 1.165) is 22.5 Å². The van der Waals surface area contributed by atoms with Gasteiger partial charge in [-0.25, -0.2) is 4.98 Å². The molecule has 0 bridgehead atoms. The van der Waals surface area contributed by atoms with Crippen LogP contribution in [0.15, 0.2) is 12.1 Å². The minimum atomic E-state index is 0.00227. The number of hydrogen-bond donors (Lipinski definition) is 1. The minimum Gasteiger partial charge on any atom is -0.334 e. The van der Waals surface area contributed by atoms with Crippen molar-refractivity contribution < 1.29 is 4.79 Å². The number of benzene rings is 1. The van der Waals surface area contributed by atoms with Crippen molar-refractivity contribution in [3.63, 3.8) is 0 Å². The molecule has 0 aliphatic carbocycles. The number of nitrogens with zero attached hydrogens (tertiary/aromatic N) is 3. The number of aromatic amines is 1. The zero-order chi connectivity index (χ0) is 14.9. The van der Waals surface area contributed by atoms with Gasteiger partial charge in [-0.1, -0.05) is 17.7 Å². The molecule has 1 aromatic heterocycles. The predicted molar refractivity (Wildman–Crippen MR) is 77.6 cm³/mol. The molecule has 0 aliphatic heterocycles. The normalized spacial score (nSPS) is 10.7. The Hall–Kier alpha value is -2.17. The molecule has 106 valence electrons. The molecular weight excluding hydrogens is 252 g/mol. The lowest BCUT2D eigenvalue weighted by Gasteiger charge is -2.18. The van der Waals surface area contributed by atoms with Gasteiger partial charge in [0.1, 0.15) is 5.82 Å². The maximum Gasteiger partial charge on any atom is 0.254 e. The molecule has 2 rings (SSSR count). The van der Waals surface area contributed by atoms with Crippen molar-refractivity contribution in [2.24, 2.45) is 0 Å². The molecule has 0 unspecified atom stereocenters. The largest absolute Gasteiger partial charge is 0.334 e. The second-order valence-electron chi connectivity index (χ2n) is 5.27. The van der Waals surface area contributed by atoms with Crippen LogP contribution in [0.25, 0.3) is 0 Å². The molecule has 0 spiro atoms. The summed E-state index contributed by atoms with van der Waals surface area (Å²) in [7, 11) is 1.77. The van der Waals surface area contributed by atoms with E-state index in [4.69, 9.17) is 0 Å². The number of carbonyl (C=O) groups excluding carboxylic acids is 1. The standard InChI is InChI=1S/C15H20N4O/c1-9-6-10(2)14(11(3)7-9)15(20)19(5)8-13-16-12(4)17-18-13/h6-7H,8H2,1-5H3,(H,16,17,18). The van der Waals surface area contributed by atoms with Crippen LogP contribution in [-0.4, -0.2) is 33.0 Å². The summed E-state index contributed by atoms with van der Waals surface area (Å²) < 4.78 is 0. The third-order valence-corrected chi connectivity index (χ3v) is 3.26. The van der Waals surface area contributed by atoms with E-state index in [0.29, 0.717) is 12.4 Å². The Morgan fingerprint density at radius 3 is 2.30 bits per heavy atom. The maximum atomic E-state index is 12.6. The number of amides is 1. The Labute approximate surface area is 119 Å². The first-order chi connectivity index (χ1) is 9.38. The number of H-pyrrole nitrogens is 1. The molecule has 5 heteroatoms. The van der Waals surface area contributed by atoms with Crippen molar-refractivity contribution in [1.29, 1.82) is 0 Å². The summed E-state index contributed by atoms with van der Waals surface area (Å²) in [4.78, 5) is 18.4. The first-order valence-electron chi connectivity index (χ1n) is 6.59. The van der Waals surface area contributed by atoms with Crippen molar-refractivity contribution in [1.82, 2.24) is 20.1 Å². The average molecular weight is 272 g/mol. The number of nitrogens with one attached hydrogen (secondary N) is 1. The van der Waals surface area contributed by atoms with Gasteiger partial charge >= 0.3 is 0 Å². The Morgan fingerprint density at radius 2 is 1.80 bits per heavy atom. The lowest BCUT2D eigenvalue weighted by atomic mass is 9.99. The molecule has 1 aromatic carbocycles. The van der Waals surface area contributed by atoms with Crippen LogP contribution in [0.3, 0.4) is 0 Å². The first kappa shape index (κ1) is 14.2. The van der Waals surface area contributed by atoms with E-state index in [9.17, 15) is 4.79 Å². The molecular formula is C15H20N4O. The summed E-state index contributed by atoms with van der Waals surface area (Å²) in [5.41, 5.74) is 3.95. The Morgan fingerprint density at radius 1 is 1.20 bits per heavy atom. The van der Waals surface area contributed by atoms with Crippen LogP contribution in [0.1, 0.15) is 38.7 Å². The van der Waals surface area contributed by atoms with Crippen LogP contribution in [0, 0.1) is 27.7 Å². The van der Waals surface area contributed by atoms with E-state index in [-0.39, 0.29) is 5.91 Å². The van der Waals surface area contributed by atoms with E-state index in [1.165, 1.54) is 5.56 Å². The fourth-order valence-electron chi connectivity index (χ4n) is 2.45. The minimum absolute atomic E-state index is 0.00227. The zero-order valence-electron chi connectivity index (χ0n) is 12.6. The van der Waals surface area contributed by atoms with Gasteiger partial charge in [-0.3, -0.25) is 9.89 Å². The fourth-order valence-corrected chi connectivity index (χ4v) is 2.45. The highest BCUT2D eigenvalue weighted by Gasteiger charge is 2.18. The SMILES string of the molecule is Cc1cc(C)c(C(=O)N(C)Cc2n[nH]c(C)n2)c(C)c1. The molecule has 1 amide bonds. The molecule has 0 aliphatic rings. The average Bonchev–Trinajstić information content (AvgIpc) is 2.73. The molecule has 0 saturated heterocycles. The molecule has 20 heavy (non-hydrogen) atoms. The van der Waals surface area contributed by atoms with Gasteiger partial charge < -0.3 is 4.90 Å². The van der Waals surface area contributed by atoms with Crippen molar-refractivity contribution in [2.75, 3.05) is 7.05 Å². The summed E-state index contributed by atoms with van der Waals surface area (Å²) in [5, 5.41) is 6.84. The highest BCUT2D eigenvalue weighted by atomic mass is 16.2. The second kappa shape index (κ2) is 5.45. The molecule has 5 nitrogen and oxygen atoms in total. The summed E-state index contributed by atoms with van der Waals surface area (Å²) in [5.74, 6) is 1.38. The monoisotopic (exact) mass is 272 g/mol. The molecule has 2 aromatic rings. The summed E-state index contributed by atoms with van der Waals surface area (Å²) in [6.45, 7) is 8.22. The van der Waals surface area contributed by atoms with E-state index in [1.807, 2.05) is 39.8 Å². The topological polar surface area (TPSA) is 61.9 Å². The van der Waals surface area contributed by atoms with E-state index in [2.05, 4.69) is 15.2 Å². The smallest absolute Gasteiger partial charge is 0.254 e. The van der Waals surface area contributed by atoms with Crippen LogP contribution in [-0.2, 0) is 6.54 Å². The molecule has 1 N–H and O–H groups in total. The number of aromatic nitrogens is 3. The Balaban J connectivity index is 2.23. The summed E-state index contributed by atoms with van der Waals surface area (Å²) in [6, 6.07) is 4.07. The predicted octanol–water partition coefficient (Wildman–Crippen LogP) is 2.31. The molecule has 0 fully saturated rings. The Bertz CT molecular complexity index is 622. The number of hydrogen-bond acceptors (Lipinski definition) is 3. The van der Waals surface area contributed by atoms with Gasteiger partial charge in [-0.15, -0.1) is 0 Å². The number of carbonyl (C=O) groups is 1. The van der Waals surface area contributed by atoms with Gasteiger partial charge in [0.2, 0.25) is 0 Å². The molecule has 1 heterocycles. The van der Waals surface area contributed by atoms with Crippen molar-refractivity contribution in [3.05, 3.63) is 46.0 Å². The van der Waals surface area contributed by atoms with Crippen LogP contribution in [0.5, 0.6) is 0 Å². The van der Waals surface area contributed by atoms with Crippen molar-refractivity contribution in [2.45, 2.75) is 34.2 Å². The van der Waals surface area contributed by atoms with Crippen LogP contribution < -0.4 is 0 Å². The van der Waals surface area contributed by atoms with Gasteiger partial charge in [0.25, 0.3) is 5.91 Å². The second-order valence-corrected chi connectivity index (χ2v) is 5.27. The van der Waals surface area contributed by atoms with Gasteiger partial charge in [0, 0.05) is 12.6 Å². The Kier molecular flexibility index (Phi) is 3.88. The van der Waals surface area contributed by atoms with E-state index < -0.39 is 0 Å². The van der Waals surface area contributed by atoms with E-state index in [1.54, 1.807) is 11.9 Å². The van der Waals surface area contributed by atoms with Gasteiger partial charge in [0.15, 0.2) is 5.82 Å². The first-order valence-corrected chi connectivity index (χ1v) is 6.59. The maximum absolute atomic E-state index is 12.6. The molecule has 0 saturated carbocycles. The number of rotatable bonds is 3. The quantitative estimate of drug-likeness (QED) is 0.932. The van der Waals surface area contributed by atoms with Gasteiger partial charge in [0.05, 0.1) is 6.54 Å². The van der Waals surface area contributed by atoms with Gasteiger partial charge in [-0.2, -0.15) is 5.10 Å². The third kappa shape index (κ3) is 2.87. The van der Waals surface area contributed by atoms with Crippen LogP contribution in [0.4, 0.5) is 0 Å². The lowest BCUT2D eigenvalue weighted by molar-refractivity contribution is 0.0780. The number of aryl methyl sites for hydroxylation is 4. The highest BCUT2D eigenvalue weighted by Crippen LogP contribution is 2.18. The fraction of sp³-hybridized carbons (Fsp3) is 0.400. The van der Waals surface area contributed by atoms with Crippen molar-refractivity contribution >= 4 is 5.91 Å². The lowest BCUT2D eigenvalue weighted by Crippen LogP contribution is -2.28. The van der Waals surface area contributed by atoms with Crippen LogP contribution in [0.2, 0.25) is 0 Å². The highest BCUT2D eigenvalue weighted by molar-refractivity contribution is 5.97. The summed E-state index contributed by atoms with van der Waals surface area (Å²) in [6.07, 6.45) is 0.